The largest absolute Gasteiger partial charge is 0.497 e. The first-order chi connectivity index (χ1) is 16.6. The van der Waals surface area contributed by atoms with Crippen LogP contribution in [0.3, 0.4) is 0 Å². The zero-order valence-electron chi connectivity index (χ0n) is 20.1. The van der Waals surface area contributed by atoms with Crippen molar-refractivity contribution in [2.75, 3.05) is 51.3 Å². The van der Waals surface area contributed by atoms with E-state index in [1.165, 1.54) is 18.4 Å². The number of ether oxygens (including phenoxy) is 1. The van der Waals surface area contributed by atoms with Gasteiger partial charge < -0.3 is 14.5 Å². The molecule has 2 aliphatic heterocycles. The Morgan fingerprint density at radius 1 is 1.03 bits per heavy atom. The number of hydrogen-bond acceptors (Lipinski definition) is 7. The molecule has 0 spiro atoms. The molecule has 2 fully saturated rings. The summed E-state index contributed by atoms with van der Waals surface area (Å²) in [6, 6.07) is 8.61. The van der Waals surface area contributed by atoms with Gasteiger partial charge in [-0.1, -0.05) is 25.0 Å². The fourth-order valence-corrected chi connectivity index (χ4v) is 5.20. The van der Waals surface area contributed by atoms with Gasteiger partial charge in [-0.2, -0.15) is 5.10 Å². The lowest BCUT2D eigenvalue weighted by Gasteiger charge is -2.37. The van der Waals surface area contributed by atoms with Gasteiger partial charge in [0.25, 0.3) is 0 Å². The predicted molar refractivity (Wildman–Crippen MR) is 131 cm³/mol. The van der Waals surface area contributed by atoms with Crippen molar-refractivity contribution in [3.05, 3.63) is 42.4 Å². The molecule has 2 aliphatic rings. The second-order valence-corrected chi connectivity index (χ2v) is 9.18. The molecule has 34 heavy (non-hydrogen) atoms. The van der Waals surface area contributed by atoms with Gasteiger partial charge in [-0.25, -0.2) is 9.97 Å². The Bertz CT molecular complexity index is 1120. The smallest absolute Gasteiger partial charge is 0.236 e. The number of hydrogen-bond donors (Lipinski definition) is 0. The Kier molecular flexibility index (Phi) is 6.62. The summed E-state index contributed by atoms with van der Waals surface area (Å²) in [6.45, 7) is 4.35. The van der Waals surface area contributed by atoms with Crippen molar-refractivity contribution in [2.24, 2.45) is 7.05 Å². The van der Waals surface area contributed by atoms with Crippen molar-refractivity contribution in [2.45, 2.75) is 31.7 Å². The average molecular weight is 464 g/mol. The number of amides is 1. The minimum atomic E-state index is 0.217. The molecule has 2 aromatic heterocycles. The fraction of sp³-hybridized carbons (Fsp3) is 0.520. The van der Waals surface area contributed by atoms with Gasteiger partial charge in [-0.05, 0) is 37.1 Å². The maximum Gasteiger partial charge on any atom is 0.236 e. The molecule has 0 saturated carbocycles. The number of aromatic nitrogens is 4. The van der Waals surface area contributed by atoms with Crippen LogP contribution in [0.1, 0.15) is 37.3 Å². The number of likely N-dealkylation sites (tertiary alicyclic amines) is 1. The summed E-state index contributed by atoms with van der Waals surface area (Å²) in [5, 5.41) is 5.27. The molecule has 1 atom stereocenters. The molecule has 180 valence electrons. The monoisotopic (exact) mass is 463 g/mol. The van der Waals surface area contributed by atoms with E-state index in [0.717, 1.165) is 55.1 Å². The molecular weight excluding hydrogens is 430 g/mol. The normalized spacial score (nSPS) is 19.9. The number of piperazine rings is 1. The summed E-state index contributed by atoms with van der Waals surface area (Å²) >= 11 is 0. The second kappa shape index (κ2) is 9.97. The van der Waals surface area contributed by atoms with Gasteiger partial charge in [-0.3, -0.25) is 14.4 Å². The Hall–Kier alpha value is -3.20. The first kappa shape index (κ1) is 22.6. The molecule has 5 rings (SSSR count). The van der Waals surface area contributed by atoms with Crippen LogP contribution < -0.4 is 9.64 Å². The maximum atomic E-state index is 13.3. The Morgan fingerprint density at radius 3 is 2.59 bits per heavy atom. The summed E-state index contributed by atoms with van der Waals surface area (Å²) in [6.07, 6.45) is 8.06. The molecule has 0 N–H and O–H groups in total. The van der Waals surface area contributed by atoms with E-state index in [2.05, 4.69) is 37.0 Å². The van der Waals surface area contributed by atoms with Crippen LogP contribution in [0.5, 0.6) is 5.75 Å². The SMILES string of the molecule is COc1ccc(C2CCCCCN2CC(=O)N2CCN(c3ncnc4c3cnn4C)CC2)cc1. The number of methoxy groups -OCH3 is 1. The molecule has 9 heteroatoms. The molecule has 2 saturated heterocycles. The first-order valence-corrected chi connectivity index (χ1v) is 12.2. The van der Waals surface area contributed by atoms with E-state index >= 15 is 0 Å². The van der Waals surface area contributed by atoms with E-state index in [-0.39, 0.29) is 11.9 Å². The van der Waals surface area contributed by atoms with Crippen molar-refractivity contribution < 1.29 is 9.53 Å². The van der Waals surface area contributed by atoms with E-state index < -0.39 is 0 Å². The molecular formula is C25H33N7O2. The van der Waals surface area contributed by atoms with E-state index in [1.54, 1.807) is 18.1 Å². The Balaban J connectivity index is 1.23. The van der Waals surface area contributed by atoms with Crippen molar-refractivity contribution in [1.29, 1.82) is 0 Å². The quantitative estimate of drug-likeness (QED) is 0.575. The van der Waals surface area contributed by atoms with Gasteiger partial charge >= 0.3 is 0 Å². The number of carbonyl (C=O) groups excluding carboxylic acids is 1. The predicted octanol–water partition coefficient (Wildman–Crippen LogP) is 2.64. The minimum Gasteiger partial charge on any atom is -0.497 e. The standard InChI is InChI=1S/C25H33N7O2/c1-29-24-21(16-28-29)25(27-18-26-24)31-14-12-30(13-15-31)23(33)17-32-11-5-3-4-6-22(32)19-7-9-20(34-2)10-8-19/h7-10,16,18,22H,3-6,11-15,17H2,1-2H3. The van der Waals surface area contributed by atoms with Crippen LogP contribution in [-0.2, 0) is 11.8 Å². The summed E-state index contributed by atoms with van der Waals surface area (Å²) in [7, 11) is 3.58. The third-order valence-electron chi connectivity index (χ3n) is 7.14. The lowest BCUT2D eigenvalue weighted by molar-refractivity contribution is -0.133. The van der Waals surface area contributed by atoms with Gasteiger partial charge in [0.2, 0.25) is 5.91 Å². The molecule has 3 aromatic rings. The maximum absolute atomic E-state index is 13.3. The minimum absolute atomic E-state index is 0.217. The number of rotatable bonds is 5. The molecule has 1 unspecified atom stereocenters. The molecule has 9 nitrogen and oxygen atoms in total. The molecule has 1 amide bonds. The van der Waals surface area contributed by atoms with E-state index in [1.807, 2.05) is 30.3 Å². The van der Waals surface area contributed by atoms with Crippen LogP contribution in [-0.4, -0.2) is 81.8 Å². The lowest BCUT2D eigenvalue weighted by Crippen LogP contribution is -2.51. The van der Waals surface area contributed by atoms with Crippen molar-refractivity contribution in [3.63, 3.8) is 0 Å². The molecule has 4 heterocycles. The fourth-order valence-electron chi connectivity index (χ4n) is 5.20. The summed E-state index contributed by atoms with van der Waals surface area (Å²) < 4.78 is 7.09. The highest BCUT2D eigenvalue weighted by Crippen LogP contribution is 2.31. The molecule has 0 bridgehead atoms. The number of aryl methyl sites for hydroxylation is 1. The lowest BCUT2D eigenvalue weighted by atomic mass is 10.0. The number of fused-ring (bicyclic) bond motifs is 1. The van der Waals surface area contributed by atoms with Gasteiger partial charge in [0, 0.05) is 39.3 Å². The molecule has 0 aliphatic carbocycles. The van der Waals surface area contributed by atoms with Crippen LogP contribution in [0.25, 0.3) is 11.0 Å². The van der Waals surface area contributed by atoms with Gasteiger partial charge in [0.15, 0.2) is 5.65 Å². The van der Waals surface area contributed by atoms with Crippen LogP contribution in [0, 0.1) is 0 Å². The van der Waals surface area contributed by atoms with Crippen molar-refractivity contribution >= 4 is 22.8 Å². The summed E-state index contributed by atoms with van der Waals surface area (Å²) in [5.74, 6) is 1.98. The Labute approximate surface area is 200 Å². The van der Waals surface area contributed by atoms with Gasteiger partial charge in [-0.15, -0.1) is 0 Å². The summed E-state index contributed by atoms with van der Waals surface area (Å²) in [5.41, 5.74) is 2.10. The van der Waals surface area contributed by atoms with Crippen LogP contribution in [0.2, 0.25) is 0 Å². The number of carbonyl (C=O) groups is 1. The molecule has 1 aromatic carbocycles. The number of nitrogens with zero attached hydrogens (tertiary/aromatic N) is 7. The zero-order valence-corrected chi connectivity index (χ0v) is 20.1. The highest BCUT2D eigenvalue weighted by atomic mass is 16.5. The topological polar surface area (TPSA) is 79.6 Å². The van der Waals surface area contributed by atoms with Crippen LogP contribution >= 0.6 is 0 Å². The summed E-state index contributed by atoms with van der Waals surface area (Å²) in [4.78, 5) is 28.8. The number of anilines is 1. The number of benzene rings is 1. The zero-order chi connectivity index (χ0) is 23.5. The van der Waals surface area contributed by atoms with E-state index in [0.29, 0.717) is 19.6 Å². The van der Waals surface area contributed by atoms with Gasteiger partial charge in [0.1, 0.15) is 17.9 Å². The highest BCUT2D eigenvalue weighted by Gasteiger charge is 2.29. The Morgan fingerprint density at radius 2 is 1.82 bits per heavy atom. The van der Waals surface area contributed by atoms with E-state index in [4.69, 9.17) is 4.74 Å². The average Bonchev–Trinajstić information content (AvgIpc) is 3.11. The molecule has 0 radical (unpaired) electrons. The van der Waals surface area contributed by atoms with Crippen LogP contribution in [0.15, 0.2) is 36.8 Å². The first-order valence-electron chi connectivity index (χ1n) is 12.2. The van der Waals surface area contributed by atoms with Crippen molar-refractivity contribution in [3.8, 4) is 5.75 Å². The second-order valence-electron chi connectivity index (χ2n) is 9.18. The van der Waals surface area contributed by atoms with Crippen LogP contribution in [0.4, 0.5) is 5.82 Å². The van der Waals surface area contributed by atoms with Gasteiger partial charge in [0.05, 0.1) is 25.2 Å². The van der Waals surface area contributed by atoms with Crippen molar-refractivity contribution in [1.82, 2.24) is 29.5 Å². The van der Waals surface area contributed by atoms with E-state index in [9.17, 15) is 4.79 Å². The third kappa shape index (κ3) is 4.57. The third-order valence-corrected chi connectivity index (χ3v) is 7.14. The highest BCUT2D eigenvalue weighted by molar-refractivity contribution is 5.87.